The van der Waals surface area contributed by atoms with Crippen molar-refractivity contribution >= 4 is 5.97 Å². The Balaban J connectivity index is 2.38. The van der Waals surface area contributed by atoms with Crippen LogP contribution in [0.4, 0.5) is 0 Å². The number of hydrogen-bond acceptors (Lipinski definition) is 4. The fourth-order valence-corrected chi connectivity index (χ4v) is 1.36. The van der Waals surface area contributed by atoms with Crippen molar-refractivity contribution in [2.24, 2.45) is 0 Å². The van der Waals surface area contributed by atoms with Gasteiger partial charge in [0.2, 0.25) is 0 Å². The van der Waals surface area contributed by atoms with Gasteiger partial charge in [-0.25, -0.2) is 14.8 Å². The van der Waals surface area contributed by atoms with Gasteiger partial charge in [0.15, 0.2) is 11.5 Å². The van der Waals surface area contributed by atoms with Gasteiger partial charge in [-0.2, -0.15) is 0 Å². The van der Waals surface area contributed by atoms with Gasteiger partial charge in [0.25, 0.3) is 0 Å². The highest BCUT2D eigenvalue weighted by molar-refractivity contribution is 5.85. The van der Waals surface area contributed by atoms with E-state index in [1.165, 1.54) is 12.3 Å². The molecule has 5 nitrogen and oxygen atoms in total. The third kappa shape index (κ3) is 2.39. The fraction of sp³-hybridized carbons (Fsp3) is 0.0833. The number of carbonyl (C=O) groups is 1. The van der Waals surface area contributed by atoms with Gasteiger partial charge < -0.3 is 9.84 Å². The summed E-state index contributed by atoms with van der Waals surface area (Å²) in [6, 6.07) is 8.45. The number of ether oxygens (including phenoxy) is 1. The second kappa shape index (κ2) is 4.61. The van der Waals surface area contributed by atoms with E-state index in [1.807, 2.05) is 0 Å². The van der Waals surface area contributed by atoms with E-state index in [9.17, 15) is 4.79 Å². The van der Waals surface area contributed by atoms with Crippen molar-refractivity contribution in [1.29, 1.82) is 0 Å². The SMILES string of the molecule is COc1ccc(-c2nccc(C(=O)O)n2)cc1. The minimum absolute atomic E-state index is 0.0224. The van der Waals surface area contributed by atoms with Gasteiger partial charge in [-0.3, -0.25) is 0 Å². The number of nitrogens with zero attached hydrogens (tertiary/aromatic N) is 2. The van der Waals surface area contributed by atoms with E-state index in [-0.39, 0.29) is 5.69 Å². The van der Waals surface area contributed by atoms with Gasteiger partial charge in [-0.1, -0.05) is 0 Å². The summed E-state index contributed by atoms with van der Waals surface area (Å²) >= 11 is 0. The minimum atomic E-state index is -1.07. The zero-order valence-electron chi connectivity index (χ0n) is 9.12. The Hall–Kier alpha value is -2.43. The Morgan fingerprint density at radius 2 is 1.94 bits per heavy atom. The van der Waals surface area contributed by atoms with Gasteiger partial charge in [0, 0.05) is 11.8 Å². The van der Waals surface area contributed by atoms with E-state index in [4.69, 9.17) is 9.84 Å². The predicted molar refractivity (Wildman–Crippen MR) is 61.0 cm³/mol. The molecule has 1 aromatic heterocycles. The molecule has 2 aromatic rings. The number of carboxylic acids is 1. The molecule has 2 rings (SSSR count). The van der Waals surface area contributed by atoms with E-state index in [2.05, 4.69) is 9.97 Å². The molecule has 0 saturated carbocycles. The standard InChI is InChI=1S/C12H10N2O3/c1-17-9-4-2-8(3-5-9)11-13-7-6-10(14-11)12(15)16/h2-7H,1H3,(H,15,16). The lowest BCUT2D eigenvalue weighted by Crippen LogP contribution is -2.02. The number of rotatable bonds is 3. The van der Waals surface area contributed by atoms with Gasteiger partial charge in [-0.05, 0) is 30.3 Å². The van der Waals surface area contributed by atoms with Crippen LogP contribution >= 0.6 is 0 Å². The third-order valence-electron chi connectivity index (χ3n) is 2.22. The van der Waals surface area contributed by atoms with Crippen molar-refractivity contribution < 1.29 is 14.6 Å². The van der Waals surface area contributed by atoms with Gasteiger partial charge in [0.1, 0.15) is 5.75 Å². The lowest BCUT2D eigenvalue weighted by Gasteiger charge is -2.02. The Labute approximate surface area is 97.7 Å². The second-order valence-electron chi connectivity index (χ2n) is 3.30. The largest absolute Gasteiger partial charge is 0.497 e. The number of aromatic carboxylic acids is 1. The van der Waals surface area contributed by atoms with E-state index in [0.29, 0.717) is 5.82 Å². The normalized spacial score (nSPS) is 9.94. The number of methoxy groups -OCH3 is 1. The summed E-state index contributed by atoms with van der Waals surface area (Å²) in [6.07, 6.45) is 1.43. The first-order valence-corrected chi connectivity index (χ1v) is 4.91. The Bertz CT molecular complexity index is 538. The van der Waals surface area contributed by atoms with Crippen LogP contribution in [0.3, 0.4) is 0 Å². The van der Waals surface area contributed by atoms with E-state index in [1.54, 1.807) is 31.4 Å². The number of benzene rings is 1. The molecule has 0 unspecified atom stereocenters. The van der Waals surface area contributed by atoms with Crippen LogP contribution in [0, 0.1) is 0 Å². The Morgan fingerprint density at radius 3 is 2.53 bits per heavy atom. The summed E-state index contributed by atoms with van der Waals surface area (Å²) in [5.74, 6) is 0.0397. The molecule has 17 heavy (non-hydrogen) atoms. The molecular formula is C12H10N2O3. The number of aromatic nitrogens is 2. The Kier molecular flexibility index (Phi) is 3.00. The van der Waals surface area contributed by atoms with Gasteiger partial charge >= 0.3 is 5.97 Å². The van der Waals surface area contributed by atoms with Crippen LogP contribution < -0.4 is 4.74 Å². The van der Waals surface area contributed by atoms with Crippen LogP contribution in [-0.2, 0) is 0 Å². The Morgan fingerprint density at radius 1 is 1.24 bits per heavy atom. The lowest BCUT2D eigenvalue weighted by atomic mass is 10.2. The maximum Gasteiger partial charge on any atom is 0.354 e. The fourth-order valence-electron chi connectivity index (χ4n) is 1.36. The van der Waals surface area contributed by atoms with E-state index >= 15 is 0 Å². The first-order valence-electron chi connectivity index (χ1n) is 4.91. The summed E-state index contributed by atoms with van der Waals surface area (Å²) in [7, 11) is 1.58. The van der Waals surface area contributed by atoms with Crippen molar-refractivity contribution in [3.63, 3.8) is 0 Å². The van der Waals surface area contributed by atoms with Gasteiger partial charge in [0.05, 0.1) is 7.11 Å². The molecule has 0 spiro atoms. The average Bonchev–Trinajstić information content (AvgIpc) is 2.39. The highest BCUT2D eigenvalue weighted by atomic mass is 16.5. The molecule has 0 aliphatic rings. The molecule has 1 N–H and O–H groups in total. The molecule has 1 aromatic carbocycles. The first kappa shape index (κ1) is 11.1. The molecule has 5 heteroatoms. The van der Waals surface area contributed by atoms with Gasteiger partial charge in [-0.15, -0.1) is 0 Å². The highest BCUT2D eigenvalue weighted by Gasteiger charge is 2.07. The zero-order chi connectivity index (χ0) is 12.3. The van der Waals surface area contributed by atoms with Crippen molar-refractivity contribution in [3.05, 3.63) is 42.2 Å². The summed E-state index contributed by atoms with van der Waals surface area (Å²) in [6.45, 7) is 0. The monoisotopic (exact) mass is 230 g/mol. The molecular weight excluding hydrogens is 220 g/mol. The zero-order valence-corrected chi connectivity index (χ0v) is 9.12. The molecule has 86 valence electrons. The van der Waals surface area contributed by atoms with Crippen LogP contribution in [-0.4, -0.2) is 28.2 Å². The molecule has 0 aliphatic carbocycles. The molecule has 0 radical (unpaired) electrons. The predicted octanol–water partition coefficient (Wildman–Crippen LogP) is 1.85. The molecule has 0 aliphatic heterocycles. The molecule has 0 amide bonds. The van der Waals surface area contributed by atoms with Crippen molar-refractivity contribution in [3.8, 4) is 17.1 Å². The number of carboxylic acid groups (broad SMARTS) is 1. The lowest BCUT2D eigenvalue weighted by molar-refractivity contribution is 0.0690. The molecule has 0 bridgehead atoms. The third-order valence-corrected chi connectivity index (χ3v) is 2.22. The maximum atomic E-state index is 10.8. The van der Waals surface area contributed by atoms with Crippen LogP contribution in [0.5, 0.6) is 5.75 Å². The van der Waals surface area contributed by atoms with Crippen LogP contribution in [0.1, 0.15) is 10.5 Å². The van der Waals surface area contributed by atoms with Crippen LogP contribution in [0.25, 0.3) is 11.4 Å². The maximum absolute atomic E-state index is 10.8. The molecule has 1 heterocycles. The summed E-state index contributed by atoms with van der Waals surface area (Å²) < 4.78 is 5.03. The highest BCUT2D eigenvalue weighted by Crippen LogP contribution is 2.18. The summed E-state index contributed by atoms with van der Waals surface area (Å²) in [5.41, 5.74) is 0.722. The smallest absolute Gasteiger partial charge is 0.354 e. The summed E-state index contributed by atoms with van der Waals surface area (Å²) in [5, 5.41) is 8.83. The quantitative estimate of drug-likeness (QED) is 0.871. The molecule has 0 fully saturated rings. The van der Waals surface area contributed by atoms with E-state index < -0.39 is 5.97 Å². The van der Waals surface area contributed by atoms with E-state index in [0.717, 1.165) is 11.3 Å². The van der Waals surface area contributed by atoms with Crippen molar-refractivity contribution in [2.45, 2.75) is 0 Å². The van der Waals surface area contributed by atoms with Crippen LogP contribution in [0.2, 0.25) is 0 Å². The topological polar surface area (TPSA) is 72.3 Å². The summed E-state index contributed by atoms with van der Waals surface area (Å²) in [4.78, 5) is 18.8. The molecule has 0 atom stereocenters. The van der Waals surface area contributed by atoms with Crippen LogP contribution in [0.15, 0.2) is 36.5 Å². The molecule has 0 saturated heterocycles. The average molecular weight is 230 g/mol. The van der Waals surface area contributed by atoms with Crippen molar-refractivity contribution in [2.75, 3.05) is 7.11 Å². The number of hydrogen-bond donors (Lipinski definition) is 1. The first-order chi connectivity index (χ1) is 8.20. The minimum Gasteiger partial charge on any atom is -0.497 e. The second-order valence-corrected chi connectivity index (χ2v) is 3.30. The van der Waals surface area contributed by atoms with Crippen molar-refractivity contribution in [1.82, 2.24) is 9.97 Å².